The number of rotatable bonds is 5. The lowest BCUT2D eigenvalue weighted by Crippen LogP contribution is -2.48. The van der Waals surface area contributed by atoms with Crippen LogP contribution in [-0.4, -0.2) is 55.7 Å². The number of piperazine rings is 1. The Kier molecular flexibility index (Phi) is 5.95. The molecule has 4 rings (SSSR count). The molecule has 2 aliphatic rings. The fraction of sp³-hybridized carbons (Fsp3) is 0.455. The summed E-state index contributed by atoms with van der Waals surface area (Å²) in [5.41, 5.74) is 4.45. The Labute approximate surface area is 161 Å². The predicted octanol–water partition coefficient (Wildman–Crippen LogP) is 4.04. The number of benzene rings is 2. The van der Waals surface area contributed by atoms with Crippen LogP contribution in [0.15, 0.2) is 53.4 Å². The van der Waals surface area contributed by atoms with Gasteiger partial charge in [-0.1, -0.05) is 42.5 Å². The van der Waals surface area contributed by atoms with Gasteiger partial charge in [0.15, 0.2) is 0 Å². The molecule has 3 nitrogen and oxygen atoms in total. The molecule has 0 saturated carbocycles. The molecule has 0 bridgehead atoms. The van der Waals surface area contributed by atoms with E-state index in [2.05, 4.69) is 65.3 Å². The van der Waals surface area contributed by atoms with E-state index in [0.29, 0.717) is 6.04 Å². The molecule has 0 aliphatic carbocycles. The second kappa shape index (κ2) is 8.57. The smallest absolute Gasteiger partial charge is 0.0616 e. The molecule has 1 saturated heterocycles. The molecule has 1 atom stereocenters. The van der Waals surface area contributed by atoms with Gasteiger partial charge in [0.1, 0.15) is 0 Å². The summed E-state index contributed by atoms with van der Waals surface area (Å²) >= 11 is 1.98. The van der Waals surface area contributed by atoms with Crippen molar-refractivity contribution in [2.75, 3.05) is 45.9 Å². The van der Waals surface area contributed by atoms with E-state index in [1.54, 1.807) is 0 Å². The highest BCUT2D eigenvalue weighted by atomic mass is 32.2. The standard InChI is InChI=1S/C22H28N2OS/c1-2-25-16-15-23-11-13-24(14-12-23)22-19-8-4-3-7-18(19)17-26-21-10-6-5-9-20(21)22/h3-10,22H,2,11-17H2,1H3/t22-/m0/s1. The van der Waals surface area contributed by atoms with Crippen LogP contribution in [0.2, 0.25) is 0 Å². The largest absolute Gasteiger partial charge is 0.380 e. The van der Waals surface area contributed by atoms with Gasteiger partial charge in [-0.15, -0.1) is 11.8 Å². The topological polar surface area (TPSA) is 15.7 Å². The van der Waals surface area contributed by atoms with Gasteiger partial charge in [0.2, 0.25) is 0 Å². The minimum Gasteiger partial charge on any atom is -0.380 e. The summed E-state index contributed by atoms with van der Waals surface area (Å²) in [7, 11) is 0. The minimum absolute atomic E-state index is 0.381. The van der Waals surface area contributed by atoms with E-state index in [9.17, 15) is 0 Å². The third-order valence-corrected chi connectivity index (χ3v) is 6.61. The van der Waals surface area contributed by atoms with Gasteiger partial charge in [-0.3, -0.25) is 9.80 Å². The molecule has 0 radical (unpaired) electrons. The Morgan fingerprint density at radius 1 is 0.962 bits per heavy atom. The van der Waals surface area contributed by atoms with Gasteiger partial charge in [0.05, 0.1) is 12.6 Å². The number of hydrogen-bond acceptors (Lipinski definition) is 4. The van der Waals surface area contributed by atoms with Crippen LogP contribution in [0.1, 0.15) is 29.7 Å². The first-order chi connectivity index (χ1) is 12.9. The van der Waals surface area contributed by atoms with Crippen LogP contribution in [0, 0.1) is 0 Å². The van der Waals surface area contributed by atoms with Crippen LogP contribution in [-0.2, 0) is 10.5 Å². The van der Waals surface area contributed by atoms with Crippen molar-refractivity contribution < 1.29 is 4.74 Å². The summed E-state index contributed by atoms with van der Waals surface area (Å²) in [5, 5.41) is 0. The van der Waals surface area contributed by atoms with Crippen LogP contribution in [0.5, 0.6) is 0 Å². The number of nitrogens with zero attached hydrogens (tertiary/aromatic N) is 2. The van der Waals surface area contributed by atoms with Crippen LogP contribution < -0.4 is 0 Å². The summed E-state index contributed by atoms with van der Waals surface area (Å²) in [6.07, 6.45) is 0. The second-order valence-corrected chi connectivity index (χ2v) is 8.02. The van der Waals surface area contributed by atoms with Crippen LogP contribution in [0.3, 0.4) is 0 Å². The number of hydrogen-bond donors (Lipinski definition) is 0. The van der Waals surface area contributed by atoms with Gasteiger partial charge in [0, 0.05) is 50.0 Å². The molecule has 0 aromatic heterocycles. The predicted molar refractivity (Wildman–Crippen MR) is 109 cm³/mol. The summed E-state index contributed by atoms with van der Waals surface area (Å²) in [6, 6.07) is 18.4. The highest BCUT2D eigenvalue weighted by Gasteiger charge is 2.30. The van der Waals surface area contributed by atoms with Gasteiger partial charge < -0.3 is 4.74 Å². The van der Waals surface area contributed by atoms with Gasteiger partial charge in [-0.2, -0.15) is 0 Å². The fourth-order valence-electron chi connectivity index (χ4n) is 4.07. The monoisotopic (exact) mass is 368 g/mol. The molecular formula is C22H28N2OS. The summed E-state index contributed by atoms with van der Waals surface area (Å²) in [5.74, 6) is 1.07. The molecule has 26 heavy (non-hydrogen) atoms. The van der Waals surface area contributed by atoms with Crippen molar-refractivity contribution in [3.05, 3.63) is 65.2 Å². The molecule has 2 aliphatic heterocycles. The van der Waals surface area contributed by atoms with Crippen molar-refractivity contribution in [1.82, 2.24) is 9.80 Å². The van der Waals surface area contributed by atoms with Crippen molar-refractivity contribution in [2.45, 2.75) is 23.6 Å². The van der Waals surface area contributed by atoms with Crippen LogP contribution in [0.25, 0.3) is 0 Å². The third kappa shape index (κ3) is 3.84. The molecule has 0 spiro atoms. The lowest BCUT2D eigenvalue weighted by Gasteiger charge is -2.40. The van der Waals surface area contributed by atoms with E-state index < -0.39 is 0 Å². The molecule has 0 amide bonds. The zero-order valence-electron chi connectivity index (χ0n) is 15.6. The molecule has 2 aromatic carbocycles. The van der Waals surface area contributed by atoms with E-state index in [4.69, 9.17) is 4.74 Å². The molecule has 138 valence electrons. The fourth-order valence-corrected chi connectivity index (χ4v) is 5.16. The van der Waals surface area contributed by atoms with Gasteiger partial charge in [-0.25, -0.2) is 0 Å². The number of fused-ring (bicyclic) bond motifs is 2. The van der Waals surface area contributed by atoms with Gasteiger partial charge in [-0.05, 0) is 29.7 Å². The summed E-state index contributed by atoms with van der Waals surface area (Å²) < 4.78 is 5.53. The average molecular weight is 369 g/mol. The maximum Gasteiger partial charge on any atom is 0.0616 e. The molecule has 2 heterocycles. The second-order valence-electron chi connectivity index (χ2n) is 7.00. The Balaban J connectivity index is 1.56. The van der Waals surface area contributed by atoms with Crippen molar-refractivity contribution in [1.29, 1.82) is 0 Å². The van der Waals surface area contributed by atoms with E-state index >= 15 is 0 Å². The Morgan fingerprint density at radius 3 is 2.50 bits per heavy atom. The SMILES string of the molecule is CCOCCN1CCN([C@H]2c3ccccc3CSc3ccccc32)CC1. The Bertz CT molecular complexity index is 680. The minimum atomic E-state index is 0.381. The van der Waals surface area contributed by atoms with E-state index in [1.165, 1.54) is 21.6 Å². The molecule has 0 N–H and O–H groups in total. The van der Waals surface area contributed by atoms with Gasteiger partial charge in [0.25, 0.3) is 0 Å². The van der Waals surface area contributed by atoms with Crippen LogP contribution in [0.4, 0.5) is 0 Å². The van der Waals surface area contributed by atoms with E-state index in [0.717, 1.165) is 51.7 Å². The maximum atomic E-state index is 5.53. The molecule has 0 unspecified atom stereocenters. The molecular weight excluding hydrogens is 340 g/mol. The average Bonchev–Trinajstić information content (AvgIpc) is 2.86. The number of thioether (sulfide) groups is 1. The van der Waals surface area contributed by atoms with Crippen molar-refractivity contribution in [3.63, 3.8) is 0 Å². The quantitative estimate of drug-likeness (QED) is 0.740. The summed E-state index contributed by atoms with van der Waals surface area (Å²) in [6.45, 7) is 9.26. The highest BCUT2D eigenvalue weighted by molar-refractivity contribution is 7.98. The molecule has 2 aromatic rings. The maximum absolute atomic E-state index is 5.53. The highest BCUT2D eigenvalue weighted by Crippen LogP contribution is 2.42. The normalized spacial score (nSPS) is 21.0. The summed E-state index contributed by atoms with van der Waals surface area (Å²) in [4.78, 5) is 6.66. The lowest BCUT2D eigenvalue weighted by molar-refractivity contribution is 0.0705. The van der Waals surface area contributed by atoms with E-state index in [-0.39, 0.29) is 0 Å². The van der Waals surface area contributed by atoms with E-state index in [1.807, 2.05) is 11.8 Å². The Morgan fingerprint density at radius 2 is 1.69 bits per heavy atom. The van der Waals surface area contributed by atoms with Crippen molar-refractivity contribution in [2.24, 2.45) is 0 Å². The van der Waals surface area contributed by atoms with Crippen molar-refractivity contribution in [3.8, 4) is 0 Å². The van der Waals surface area contributed by atoms with Crippen molar-refractivity contribution >= 4 is 11.8 Å². The third-order valence-electron chi connectivity index (χ3n) is 5.47. The first-order valence-corrected chi connectivity index (χ1v) is 10.7. The zero-order chi connectivity index (χ0) is 17.8. The molecule has 1 fully saturated rings. The number of ether oxygens (including phenoxy) is 1. The first-order valence-electron chi connectivity index (χ1n) is 9.70. The lowest BCUT2D eigenvalue weighted by atomic mass is 9.93. The van der Waals surface area contributed by atoms with Gasteiger partial charge >= 0.3 is 0 Å². The van der Waals surface area contributed by atoms with Crippen LogP contribution >= 0.6 is 11.8 Å². The zero-order valence-corrected chi connectivity index (χ0v) is 16.4. The molecule has 4 heteroatoms. The first kappa shape index (κ1) is 18.1. The Hall–Kier alpha value is -1.33.